The maximum absolute atomic E-state index is 13.3. The molecule has 0 unspecified atom stereocenters. The highest BCUT2D eigenvalue weighted by Gasteiger charge is 2.39. The van der Waals surface area contributed by atoms with Gasteiger partial charge >= 0.3 is 0 Å². The maximum atomic E-state index is 13.3. The van der Waals surface area contributed by atoms with Crippen molar-refractivity contribution in [2.45, 2.75) is 25.4 Å². The molecule has 2 atom stereocenters. The second-order valence-electron chi connectivity index (χ2n) is 6.25. The summed E-state index contributed by atoms with van der Waals surface area (Å²) in [6.45, 7) is 5.74. The van der Waals surface area contributed by atoms with Gasteiger partial charge in [0.2, 0.25) is 5.91 Å². The van der Waals surface area contributed by atoms with Crippen molar-refractivity contribution in [1.29, 1.82) is 0 Å². The zero-order chi connectivity index (χ0) is 18.0. The van der Waals surface area contributed by atoms with Gasteiger partial charge in [0.1, 0.15) is 6.04 Å². The molecule has 0 N–H and O–H groups in total. The van der Waals surface area contributed by atoms with Crippen LogP contribution in [0, 0.1) is 0 Å². The van der Waals surface area contributed by atoms with Gasteiger partial charge in [-0.25, -0.2) is 0 Å². The van der Waals surface area contributed by atoms with Crippen LogP contribution in [0.2, 0.25) is 0 Å². The third kappa shape index (κ3) is 2.95. The number of benzene rings is 2. The number of nitrogens with zero attached hydrogens (tertiary/aromatic N) is 2. The lowest BCUT2D eigenvalue weighted by Crippen LogP contribution is -2.48. The summed E-state index contributed by atoms with van der Waals surface area (Å²) in [6, 6.07) is 16.3. The first kappa shape index (κ1) is 17.0. The molecule has 3 rings (SSSR count). The Kier molecular flexibility index (Phi) is 4.70. The second kappa shape index (κ2) is 6.93. The van der Waals surface area contributed by atoms with Gasteiger partial charge in [0.05, 0.1) is 17.3 Å². The van der Waals surface area contributed by atoms with E-state index in [0.717, 1.165) is 5.56 Å². The van der Waals surface area contributed by atoms with Crippen LogP contribution in [0.1, 0.15) is 35.3 Å². The number of rotatable bonds is 4. The van der Waals surface area contributed by atoms with E-state index < -0.39 is 6.04 Å². The minimum Gasteiger partial charge on any atom is -0.319 e. The Morgan fingerprint density at radius 3 is 2.40 bits per heavy atom. The Hall–Kier alpha value is -2.88. The van der Waals surface area contributed by atoms with Gasteiger partial charge in [-0.2, -0.15) is 0 Å². The Labute approximate surface area is 148 Å². The molecular weight excluding hydrogens is 312 g/mol. The van der Waals surface area contributed by atoms with Gasteiger partial charge in [0.25, 0.3) is 5.91 Å². The number of hydrogen-bond acceptors (Lipinski definition) is 2. The van der Waals surface area contributed by atoms with Gasteiger partial charge < -0.3 is 9.80 Å². The first-order chi connectivity index (χ1) is 12.1. The second-order valence-corrected chi connectivity index (χ2v) is 6.25. The van der Waals surface area contributed by atoms with E-state index in [4.69, 9.17) is 0 Å². The van der Waals surface area contributed by atoms with E-state index in [9.17, 15) is 9.59 Å². The van der Waals surface area contributed by atoms with Crippen LogP contribution in [0.3, 0.4) is 0 Å². The van der Waals surface area contributed by atoms with Crippen LogP contribution in [0.4, 0.5) is 5.69 Å². The lowest BCUT2D eigenvalue weighted by Gasteiger charge is -2.34. The number of likely N-dealkylation sites (N-methyl/N-ethyl adjacent to an activating group) is 1. The zero-order valence-electron chi connectivity index (χ0n) is 14.6. The van der Waals surface area contributed by atoms with E-state index in [1.165, 1.54) is 0 Å². The van der Waals surface area contributed by atoms with Crippen LogP contribution in [-0.4, -0.2) is 29.8 Å². The van der Waals surface area contributed by atoms with Crippen molar-refractivity contribution >= 4 is 17.5 Å². The number of hydrogen-bond donors (Lipinski definition) is 0. The lowest BCUT2D eigenvalue weighted by atomic mass is 10.0. The number of carbonyl (C=O) groups is 2. The summed E-state index contributed by atoms with van der Waals surface area (Å²) in [5.41, 5.74) is 2.20. The van der Waals surface area contributed by atoms with Gasteiger partial charge in [-0.1, -0.05) is 48.5 Å². The molecular formula is C21H22N2O2. The van der Waals surface area contributed by atoms with Crippen LogP contribution >= 0.6 is 0 Å². The average molecular weight is 334 g/mol. The molecule has 0 aliphatic carbocycles. The van der Waals surface area contributed by atoms with Gasteiger partial charge in [-0.05, 0) is 31.0 Å². The van der Waals surface area contributed by atoms with Crippen molar-refractivity contribution in [3.05, 3.63) is 78.4 Å². The lowest BCUT2D eigenvalue weighted by molar-refractivity contribution is -0.123. The molecule has 128 valence electrons. The van der Waals surface area contributed by atoms with Gasteiger partial charge in [0.15, 0.2) is 0 Å². The molecule has 0 radical (unpaired) electrons. The van der Waals surface area contributed by atoms with E-state index >= 15 is 0 Å². The maximum Gasteiger partial charge on any atom is 0.257 e. The highest BCUT2D eigenvalue weighted by atomic mass is 16.2. The van der Waals surface area contributed by atoms with E-state index in [-0.39, 0.29) is 17.9 Å². The molecule has 2 aromatic carbocycles. The SMILES string of the molecule is C=CC[C@@H]1C(=O)N(C)c2ccccc2C(=O)N1[C@@H](C)c1ccccc1. The molecule has 0 fully saturated rings. The van der Waals surface area contributed by atoms with Gasteiger partial charge in [0, 0.05) is 7.05 Å². The fraction of sp³-hybridized carbons (Fsp3) is 0.238. The highest BCUT2D eigenvalue weighted by molar-refractivity contribution is 6.10. The van der Waals surface area contributed by atoms with Crippen molar-refractivity contribution in [3.8, 4) is 0 Å². The Balaban J connectivity index is 2.14. The van der Waals surface area contributed by atoms with E-state index in [1.807, 2.05) is 55.5 Å². The number of para-hydroxylation sites is 1. The van der Waals surface area contributed by atoms with Crippen molar-refractivity contribution in [2.75, 3.05) is 11.9 Å². The van der Waals surface area contributed by atoms with Gasteiger partial charge in [-0.3, -0.25) is 9.59 Å². The van der Waals surface area contributed by atoms with Crippen LogP contribution < -0.4 is 4.90 Å². The third-order valence-electron chi connectivity index (χ3n) is 4.77. The topological polar surface area (TPSA) is 40.6 Å². The first-order valence-electron chi connectivity index (χ1n) is 8.41. The third-order valence-corrected chi connectivity index (χ3v) is 4.77. The number of carbonyl (C=O) groups excluding carboxylic acids is 2. The number of fused-ring (bicyclic) bond motifs is 1. The van der Waals surface area contributed by atoms with E-state index in [0.29, 0.717) is 17.7 Å². The molecule has 0 bridgehead atoms. The molecule has 4 heteroatoms. The minimum atomic E-state index is -0.572. The number of amides is 2. The molecule has 4 nitrogen and oxygen atoms in total. The summed E-state index contributed by atoms with van der Waals surface area (Å²) in [5, 5.41) is 0. The van der Waals surface area contributed by atoms with Crippen LogP contribution in [0.5, 0.6) is 0 Å². The molecule has 1 aliphatic heterocycles. The van der Waals surface area contributed by atoms with Crippen molar-refractivity contribution in [2.24, 2.45) is 0 Å². The van der Waals surface area contributed by atoms with Crippen molar-refractivity contribution < 1.29 is 9.59 Å². The summed E-state index contributed by atoms with van der Waals surface area (Å²) >= 11 is 0. The Bertz CT molecular complexity index is 801. The van der Waals surface area contributed by atoms with Crippen LogP contribution in [0.15, 0.2) is 67.3 Å². The molecule has 1 aliphatic rings. The van der Waals surface area contributed by atoms with E-state index in [1.54, 1.807) is 29.0 Å². The Morgan fingerprint density at radius 1 is 1.08 bits per heavy atom. The largest absolute Gasteiger partial charge is 0.319 e. The number of anilines is 1. The van der Waals surface area contributed by atoms with Crippen LogP contribution in [-0.2, 0) is 4.79 Å². The van der Waals surface area contributed by atoms with Crippen molar-refractivity contribution in [3.63, 3.8) is 0 Å². The van der Waals surface area contributed by atoms with Gasteiger partial charge in [-0.15, -0.1) is 6.58 Å². The van der Waals surface area contributed by atoms with E-state index in [2.05, 4.69) is 6.58 Å². The smallest absolute Gasteiger partial charge is 0.257 e. The first-order valence-corrected chi connectivity index (χ1v) is 8.41. The molecule has 25 heavy (non-hydrogen) atoms. The average Bonchev–Trinajstić information content (AvgIpc) is 2.73. The standard InChI is InChI=1S/C21H22N2O2/c1-4-10-19-21(25)22(3)18-14-9-8-13-17(18)20(24)23(19)15(2)16-11-6-5-7-12-16/h4-9,11-15,19H,1,10H2,2-3H3/t15-,19+/m0/s1. The fourth-order valence-corrected chi connectivity index (χ4v) is 3.40. The molecule has 1 heterocycles. The molecule has 0 saturated heterocycles. The summed E-state index contributed by atoms with van der Waals surface area (Å²) in [5.74, 6) is -0.225. The minimum absolute atomic E-state index is 0.0963. The Morgan fingerprint density at radius 2 is 1.72 bits per heavy atom. The summed E-state index contributed by atoms with van der Waals surface area (Å²) in [7, 11) is 1.72. The van der Waals surface area contributed by atoms with Crippen LogP contribution in [0.25, 0.3) is 0 Å². The summed E-state index contributed by atoms with van der Waals surface area (Å²) < 4.78 is 0. The predicted octanol–water partition coefficient (Wildman–Crippen LogP) is 3.81. The molecule has 0 aromatic heterocycles. The highest BCUT2D eigenvalue weighted by Crippen LogP contribution is 2.33. The van der Waals surface area contributed by atoms with Crippen molar-refractivity contribution in [1.82, 2.24) is 4.90 Å². The quantitative estimate of drug-likeness (QED) is 0.798. The molecule has 0 saturated carbocycles. The summed E-state index contributed by atoms with van der Waals surface area (Å²) in [6.07, 6.45) is 2.12. The normalized spacial score (nSPS) is 18.6. The monoisotopic (exact) mass is 334 g/mol. The predicted molar refractivity (Wildman–Crippen MR) is 99.5 cm³/mol. The summed E-state index contributed by atoms with van der Waals surface area (Å²) in [4.78, 5) is 29.7. The molecule has 2 amide bonds. The molecule has 2 aromatic rings. The zero-order valence-corrected chi connectivity index (χ0v) is 14.6. The molecule has 0 spiro atoms. The fourth-order valence-electron chi connectivity index (χ4n) is 3.40.